The molecule has 0 aliphatic rings. The number of hydrogen-bond acceptors (Lipinski definition) is 6. The first-order valence-corrected chi connectivity index (χ1v) is 4.68. The van der Waals surface area contributed by atoms with Gasteiger partial charge in [0.1, 0.15) is 0 Å². The third-order valence-corrected chi connectivity index (χ3v) is 2.17. The van der Waals surface area contributed by atoms with Crippen molar-refractivity contribution >= 4 is 11.7 Å². The van der Waals surface area contributed by atoms with Crippen molar-refractivity contribution in [2.75, 3.05) is 7.11 Å². The van der Waals surface area contributed by atoms with Crippen molar-refractivity contribution in [3.05, 3.63) is 33.9 Å². The van der Waals surface area contributed by atoms with Crippen molar-refractivity contribution in [2.45, 2.75) is 12.5 Å². The van der Waals surface area contributed by atoms with Crippen LogP contribution in [0.5, 0.6) is 5.75 Å². The Morgan fingerprint density at radius 1 is 1.59 bits per heavy atom. The number of phenolic OH excluding ortho intramolecular Hbond substituents is 1. The van der Waals surface area contributed by atoms with E-state index in [-0.39, 0.29) is 12.0 Å². The monoisotopic (exact) mass is 241 g/mol. The fourth-order valence-electron chi connectivity index (χ4n) is 1.26. The number of phenols is 1. The van der Waals surface area contributed by atoms with Gasteiger partial charge in [-0.25, -0.2) is 0 Å². The lowest BCUT2D eigenvalue weighted by molar-refractivity contribution is -0.385. The number of nitrogens with zero attached hydrogens (tertiary/aromatic N) is 1. The summed E-state index contributed by atoms with van der Waals surface area (Å²) in [4.78, 5) is 20.6. The molecule has 1 unspecified atom stereocenters. The first kappa shape index (κ1) is 12.9. The molecule has 0 saturated heterocycles. The lowest BCUT2D eigenvalue weighted by Crippen LogP contribution is -2.08. The number of hydrogen-bond donors (Lipinski definition) is 2. The Bertz CT molecular complexity index is 444. The van der Waals surface area contributed by atoms with E-state index in [0.717, 1.165) is 12.1 Å². The number of aromatic hydroxyl groups is 1. The molecule has 0 radical (unpaired) electrons. The average Bonchev–Trinajstić information content (AvgIpc) is 2.28. The summed E-state index contributed by atoms with van der Waals surface area (Å²) in [5.74, 6) is -1.17. The van der Waals surface area contributed by atoms with E-state index in [2.05, 4.69) is 4.74 Å². The molecule has 0 fully saturated rings. The molecule has 0 bridgehead atoms. The summed E-state index contributed by atoms with van der Waals surface area (Å²) in [5.41, 5.74) is -0.252. The van der Waals surface area contributed by atoms with Gasteiger partial charge in [0.05, 0.1) is 24.6 Å². The van der Waals surface area contributed by atoms with Crippen LogP contribution < -0.4 is 0 Å². The van der Waals surface area contributed by atoms with Gasteiger partial charge < -0.3 is 14.9 Å². The van der Waals surface area contributed by atoms with Crippen LogP contribution in [0, 0.1) is 10.1 Å². The number of carbonyl (C=O) groups is 1. The first-order valence-electron chi connectivity index (χ1n) is 4.68. The Hall–Kier alpha value is -2.15. The maximum atomic E-state index is 10.9. The lowest BCUT2D eigenvalue weighted by Gasteiger charge is -2.09. The van der Waals surface area contributed by atoms with E-state index in [0.29, 0.717) is 0 Å². The smallest absolute Gasteiger partial charge is 0.310 e. The van der Waals surface area contributed by atoms with Gasteiger partial charge in [0.25, 0.3) is 0 Å². The molecular weight excluding hydrogens is 230 g/mol. The molecule has 17 heavy (non-hydrogen) atoms. The maximum Gasteiger partial charge on any atom is 0.310 e. The van der Waals surface area contributed by atoms with E-state index < -0.39 is 28.4 Å². The zero-order valence-corrected chi connectivity index (χ0v) is 8.99. The van der Waals surface area contributed by atoms with Gasteiger partial charge in [0, 0.05) is 6.07 Å². The number of rotatable bonds is 4. The van der Waals surface area contributed by atoms with Gasteiger partial charge in [-0.3, -0.25) is 14.9 Å². The summed E-state index contributed by atoms with van der Waals surface area (Å²) < 4.78 is 4.36. The summed E-state index contributed by atoms with van der Waals surface area (Å²) in [5, 5.41) is 29.4. The standard InChI is InChI=1S/C10H11NO6/c1-17-10(14)5-8(12)6-2-3-7(11(15)16)9(13)4-6/h2-4,8,12-13H,5H2,1H3. The highest BCUT2D eigenvalue weighted by atomic mass is 16.6. The van der Waals surface area contributed by atoms with Gasteiger partial charge in [-0.2, -0.15) is 0 Å². The highest BCUT2D eigenvalue weighted by molar-refractivity contribution is 5.70. The van der Waals surface area contributed by atoms with Gasteiger partial charge in [0.2, 0.25) is 0 Å². The fraction of sp³-hybridized carbons (Fsp3) is 0.300. The van der Waals surface area contributed by atoms with Crippen LogP contribution in [0.25, 0.3) is 0 Å². The zero-order valence-electron chi connectivity index (χ0n) is 8.99. The van der Waals surface area contributed by atoms with E-state index in [4.69, 9.17) is 0 Å². The second-order valence-electron chi connectivity index (χ2n) is 3.30. The van der Waals surface area contributed by atoms with E-state index >= 15 is 0 Å². The minimum absolute atomic E-state index is 0.207. The van der Waals surface area contributed by atoms with Crippen molar-refractivity contribution in [2.24, 2.45) is 0 Å². The average molecular weight is 241 g/mol. The molecule has 7 heteroatoms. The second-order valence-corrected chi connectivity index (χ2v) is 3.30. The molecule has 0 aliphatic heterocycles. The summed E-state index contributed by atoms with van der Waals surface area (Å²) >= 11 is 0. The number of aliphatic hydroxyl groups is 1. The molecule has 1 rings (SSSR count). The quantitative estimate of drug-likeness (QED) is 0.460. The minimum atomic E-state index is -1.17. The van der Waals surface area contributed by atoms with Crippen molar-refractivity contribution in [1.82, 2.24) is 0 Å². The topological polar surface area (TPSA) is 110 Å². The predicted molar refractivity (Wildman–Crippen MR) is 56.4 cm³/mol. The number of ether oxygens (including phenoxy) is 1. The molecule has 0 amide bonds. The second kappa shape index (κ2) is 5.26. The van der Waals surface area contributed by atoms with Crippen LogP contribution in [0.1, 0.15) is 18.1 Å². The predicted octanol–water partition coefficient (Wildman–Crippen LogP) is 0.897. The Morgan fingerprint density at radius 3 is 2.71 bits per heavy atom. The van der Waals surface area contributed by atoms with Crippen LogP contribution >= 0.6 is 0 Å². The van der Waals surface area contributed by atoms with Gasteiger partial charge in [-0.15, -0.1) is 0 Å². The maximum absolute atomic E-state index is 10.9. The number of aliphatic hydroxyl groups excluding tert-OH is 1. The number of nitro groups is 1. The minimum Gasteiger partial charge on any atom is -0.502 e. The van der Waals surface area contributed by atoms with Crippen LogP contribution in [0.2, 0.25) is 0 Å². The summed E-state index contributed by atoms with van der Waals surface area (Å²) in [7, 11) is 1.18. The molecule has 0 aliphatic carbocycles. The number of esters is 1. The van der Waals surface area contributed by atoms with Crippen LogP contribution in [0.3, 0.4) is 0 Å². The van der Waals surface area contributed by atoms with Crippen molar-refractivity contribution in [1.29, 1.82) is 0 Å². The first-order chi connectivity index (χ1) is 7.95. The van der Waals surface area contributed by atoms with Gasteiger partial charge in [0.15, 0.2) is 5.75 Å². The zero-order chi connectivity index (χ0) is 13.0. The van der Waals surface area contributed by atoms with Crippen molar-refractivity contribution in [3.63, 3.8) is 0 Å². The molecule has 0 saturated carbocycles. The number of carbonyl (C=O) groups excluding carboxylic acids is 1. The summed E-state index contributed by atoms with van der Waals surface area (Å²) in [6.07, 6.45) is -1.46. The molecule has 0 spiro atoms. The molecule has 1 aromatic carbocycles. The van der Waals surface area contributed by atoms with Gasteiger partial charge in [-0.05, 0) is 17.7 Å². The molecule has 1 atom stereocenters. The molecular formula is C10H11NO6. The Balaban J connectivity index is 2.89. The molecule has 2 N–H and O–H groups in total. The number of benzene rings is 1. The highest BCUT2D eigenvalue weighted by Gasteiger charge is 2.18. The van der Waals surface area contributed by atoms with Crippen LogP contribution in [0.15, 0.2) is 18.2 Å². The lowest BCUT2D eigenvalue weighted by atomic mass is 10.1. The highest BCUT2D eigenvalue weighted by Crippen LogP contribution is 2.29. The number of nitro benzene ring substituents is 1. The summed E-state index contributed by atoms with van der Waals surface area (Å²) in [6, 6.07) is 3.38. The Kier molecular flexibility index (Phi) is 4.00. The van der Waals surface area contributed by atoms with E-state index in [1.165, 1.54) is 13.2 Å². The molecule has 1 aromatic rings. The normalized spacial score (nSPS) is 11.9. The van der Waals surface area contributed by atoms with Gasteiger partial charge in [-0.1, -0.05) is 0 Å². The van der Waals surface area contributed by atoms with E-state index in [1.807, 2.05) is 0 Å². The molecule has 0 aromatic heterocycles. The SMILES string of the molecule is COC(=O)CC(O)c1ccc([N+](=O)[O-])c(O)c1. The molecule has 0 heterocycles. The van der Waals surface area contributed by atoms with E-state index in [1.54, 1.807) is 0 Å². The van der Waals surface area contributed by atoms with Gasteiger partial charge >= 0.3 is 11.7 Å². The van der Waals surface area contributed by atoms with E-state index in [9.17, 15) is 25.1 Å². The summed E-state index contributed by atoms with van der Waals surface area (Å²) in [6.45, 7) is 0. The fourth-order valence-corrected chi connectivity index (χ4v) is 1.26. The third-order valence-electron chi connectivity index (χ3n) is 2.17. The van der Waals surface area contributed by atoms with Crippen molar-refractivity contribution < 1.29 is 24.7 Å². The largest absolute Gasteiger partial charge is 0.502 e. The molecule has 92 valence electrons. The van der Waals surface area contributed by atoms with Crippen molar-refractivity contribution in [3.8, 4) is 5.75 Å². The van der Waals surface area contributed by atoms with Crippen LogP contribution in [-0.4, -0.2) is 28.2 Å². The Morgan fingerprint density at radius 2 is 2.24 bits per heavy atom. The third kappa shape index (κ3) is 3.15. The van der Waals surface area contributed by atoms with Crippen LogP contribution in [-0.2, 0) is 9.53 Å². The molecule has 7 nitrogen and oxygen atoms in total. The number of methoxy groups -OCH3 is 1. The Labute approximate surface area is 96.4 Å². The van der Waals surface area contributed by atoms with Crippen LogP contribution in [0.4, 0.5) is 5.69 Å².